The molecule has 0 aliphatic carbocycles. The second kappa shape index (κ2) is 8.38. The number of hydrogen-bond donors (Lipinski definition) is 1. The van der Waals surface area contributed by atoms with Crippen molar-refractivity contribution in [3.05, 3.63) is 57.5 Å². The maximum Gasteiger partial charge on any atom is 0.226 e. The number of benzene rings is 2. The third-order valence-corrected chi connectivity index (χ3v) is 4.10. The van der Waals surface area contributed by atoms with E-state index >= 15 is 0 Å². The lowest BCUT2D eigenvalue weighted by atomic mass is 10.2. The first-order valence-electron chi connectivity index (χ1n) is 7.15. The van der Waals surface area contributed by atoms with Gasteiger partial charge in [0.1, 0.15) is 0 Å². The fraction of sp³-hybridized carbons (Fsp3) is 0.176. The van der Waals surface area contributed by atoms with Gasteiger partial charge < -0.3 is 10.2 Å². The molecule has 0 heterocycles. The van der Waals surface area contributed by atoms with Crippen molar-refractivity contribution in [2.75, 3.05) is 16.8 Å². The standard InChI is InChI=1S/C17H15Cl3N2O2/c1-11(23)22(14-5-2-12(18)3-6-14)9-8-17(24)21-16-10-13(19)4-7-15(16)20/h2-7,10H,8-9H2,1H3,(H,21,24). The summed E-state index contributed by atoms with van der Waals surface area (Å²) >= 11 is 17.8. The summed E-state index contributed by atoms with van der Waals surface area (Å²) in [4.78, 5) is 25.4. The Hall–Kier alpha value is -1.75. The van der Waals surface area contributed by atoms with Gasteiger partial charge in [-0.2, -0.15) is 0 Å². The molecule has 0 aliphatic rings. The largest absolute Gasteiger partial charge is 0.325 e. The van der Waals surface area contributed by atoms with Gasteiger partial charge in [-0.05, 0) is 42.5 Å². The van der Waals surface area contributed by atoms with Crippen LogP contribution in [-0.4, -0.2) is 18.4 Å². The normalized spacial score (nSPS) is 10.3. The molecule has 0 aliphatic heterocycles. The predicted molar refractivity (Wildman–Crippen MR) is 99.2 cm³/mol. The van der Waals surface area contributed by atoms with Crippen LogP contribution in [0.1, 0.15) is 13.3 Å². The number of hydrogen-bond acceptors (Lipinski definition) is 2. The highest BCUT2D eigenvalue weighted by Gasteiger charge is 2.14. The molecule has 0 bridgehead atoms. The van der Waals surface area contributed by atoms with Crippen molar-refractivity contribution in [3.63, 3.8) is 0 Å². The predicted octanol–water partition coefficient (Wildman–Crippen LogP) is 5.03. The van der Waals surface area contributed by atoms with Crippen LogP contribution in [0.3, 0.4) is 0 Å². The van der Waals surface area contributed by atoms with Crippen LogP contribution in [0, 0.1) is 0 Å². The lowest BCUT2D eigenvalue weighted by Gasteiger charge is -2.21. The Morgan fingerprint density at radius 2 is 1.62 bits per heavy atom. The first-order chi connectivity index (χ1) is 11.4. The molecule has 0 unspecified atom stereocenters. The van der Waals surface area contributed by atoms with E-state index in [2.05, 4.69) is 5.32 Å². The molecule has 0 atom stereocenters. The van der Waals surface area contributed by atoms with Crippen molar-refractivity contribution in [3.8, 4) is 0 Å². The second-order valence-corrected chi connectivity index (χ2v) is 6.35. The average molecular weight is 386 g/mol. The van der Waals surface area contributed by atoms with Crippen LogP contribution in [0.25, 0.3) is 0 Å². The van der Waals surface area contributed by atoms with Gasteiger partial charge in [0.25, 0.3) is 0 Å². The van der Waals surface area contributed by atoms with Crippen LogP contribution in [0.15, 0.2) is 42.5 Å². The lowest BCUT2D eigenvalue weighted by molar-refractivity contribution is -0.117. The van der Waals surface area contributed by atoms with Gasteiger partial charge in [0.15, 0.2) is 0 Å². The minimum atomic E-state index is -0.264. The fourth-order valence-electron chi connectivity index (χ4n) is 2.11. The second-order valence-electron chi connectivity index (χ2n) is 5.07. The summed E-state index contributed by atoms with van der Waals surface area (Å²) < 4.78 is 0. The van der Waals surface area contributed by atoms with Gasteiger partial charge >= 0.3 is 0 Å². The topological polar surface area (TPSA) is 49.4 Å². The Labute approximate surface area is 155 Å². The number of nitrogens with zero attached hydrogens (tertiary/aromatic N) is 1. The number of anilines is 2. The Morgan fingerprint density at radius 3 is 2.25 bits per heavy atom. The summed E-state index contributed by atoms with van der Waals surface area (Å²) in [5.41, 5.74) is 1.12. The lowest BCUT2D eigenvalue weighted by Crippen LogP contribution is -2.31. The Kier molecular flexibility index (Phi) is 6.49. The first-order valence-corrected chi connectivity index (χ1v) is 8.29. The summed E-state index contributed by atoms with van der Waals surface area (Å²) in [6.45, 7) is 1.68. The molecule has 0 spiro atoms. The van der Waals surface area contributed by atoms with E-state index in [1.165, 1.54) is 11.8 Å². The van der Waals surface area contributed by atoms with E-state index in [-0.39, 0.29) is 24.8 Å². The van der Waals surface area contributed by atoms with Crippen LogP contribution < -0.4 is 10.2 Å². The quantitative estimate of drug-likeness (QED) is 0.785. The number of amides is 2. The maximum absolute atomic E-state index is 12.1. The molecule has 0 aromatic heterocycles. The molecule has 0 saturated carbocycles. The number of rotatable bonds is 5. The zero-order valence-electron chi connectivity index (χ0n) is 12.9. The van der Waals surface area contributed by atoms with Gasteiger partial charge in [0, 0.05) is 35.6 Å². The van der Waals surface area contributed by atoms with Crippen LogP contribution in [0.2, 0.25) is 15.1 Å². The SMILES string of the molecule is CC(=O)N(CCC(=O)Nc1cc(Cl)ccc1Cl)c1ccc(Cl)cc1. The summed E-state index contributed by atoms with van der Waals surface area (Å²) in [7, 11) is 0. The molecular weight excluding hydrogens is 371 g/mol. The van der Waals surface area contributed by atoms with Gasteiger partial charge in [-0.3, -0.25) is 9.59 Å². The molecular formula is C17H15Cl3N2O2. The van der Waals surface area contributed by atoms with Crippen molar-refractivity contribution >= 4 is 58.0 Å². The highest BCUT2D eigenvalue weighted by Crippen LogP contribution is 2.25. The van der Waals surface area contributed by atoms with Gasteiger partial charge in [0.2, 0.25) is 11.8 Å². The summed E-state index contributed by atoms with van der Waals surface area (Å²) in [6, 6.07) is 11.7. The number of nitrogens with one attached hydrogen (secondary N) is 1. The third-order valence-electron chi connectivity index (χ3n) is 3.28. The molecule has 0 fully saturated rings. The molecule has 0 saturated heterocycles. The van der Waals surface area contributed by atoms with Crippen molar-refractivity contribution in [1.29, 1.82) is 0 Å². The molecule has 2 aromatic rings. The van der Waals surface area contributed by atoms with E-state index < -0.39 is 0 Å². The molecule has 2 aromatic carbocycles. The number of carbonyl (C=O) groups excluding carboxylic acids is 2. The van der Waals surface area contributed by atoms with Crippen LogP contribution >= 0.6 is 34.8 Å². The van der Waals surface area contributed by atoms with E-state index in [0.717, 1.165) is 0 Å². The number of carbonyl (C=O) groups is 2. The Morgan fingerprint density at radius 1 is 1.00 bits per heavy atom. The highest BCUT2D eigenvalue weighted by atomic mass is 35.5. The smallest absolute Gasteiger partial charge is 0.226 e. The van der Waals surface area contributed by atoms with Gasteiger partial charge in [-0.15, -0.1) is 0 Å². The van der Waals surface area contributed by atoms with E-state index in [4.69, 9.17) is 34.8 Å². The zero-order valence-corrected chi connectivity index (χ0v) is 15.1. The first kappa shape index (κ1) is 18.6. The van der Waals surface area contributed by atoms with Gasteiger partial charge in [0.05, 0.1) is 10.7 Å². The average Bonchev–Trinajstić information content (AvgIpc) is 2.52. The van der Waals surface area contributed by atoms with E-state index in [9.17, 15) is 9.59 Å². The zero-order chi connectivity index (χ0) is 17.7. The van der Waals surface area contributed by atoms with Crippen molar-refractivity contribution in [1.82, 2.24) is 0 Å². The molecule has 24 heavy (non-hydrogen) atoms. The summed E-state index contributed by atoms with van der Waals surface area (Å²) in [5.74, 6) is -0.426. The van der Waals surface area contributed by atoms with Gasteiger partial charge in [-0.1, -0.05) is 34.8 Å². The number of halogens is 3. The maximum atomic E-state index is 12.1. The Bertz CT molecular complexity index is 748. The van der Waals surface area contributed by atoms with Crippen molar-refractivity contribution in [2.24, 2.45) is 0 Å². The molecule has 1 N–H and O–H groups in total. The van der Waals surface area contributed by atoms with Crippen molar-refractivity contribution in [2.45, 2.75) is 13.3 Å². The van der Waals surface area contributed by atoms with Crippen LogP contribution in [-0.2, 0) is 9.59 Å². The van der Waals surface area contributed by atoms with E-state index in [1.54, 1.807) is 42.5 Å². The molecule has 0 radical (unpaired) electrons. The summed E-state index contributed by atoms with van der Waals surface area (Å²) in [6.07, 6.45) is 0.116. The minimum Gasteiger partial charge on any atom is -0.325 e. The highest BCUT2D eigenvalue weighted by molar-refractivity contribution is 6.35. The third kappa shape index (κ3) is 5.13. The minimum absolute atomic E-state index is 0.116. The van der Waals surface area contributed by atoms with Crippen LogP contribution in [0.5, 0.6) is 0 Å². The van der Waals surface area contributed by atoms with Gasteiger partial charge in [-0.25, -0.2) is 0 Å². The Balaban J connectivity index is 2.01. The molecule has 2 amide bonds. The van der Waals surface area contributed by atoms with Crippen LogP contribution in [0.4, 0.5) is 11.4 Å². The molecule has 126 valence electrons. The van der Waals surface area contributed by atoms with Crippen molar-refractivity contribution < 1.29 is 9.59 Å². The van der Waals surface area contributed by atoms with E-state index in [0.29, 0.717) is 26.4 Å². The van der Waals surface area contributed by atoms with E-state index in [1.807, 2.05) is 0 Å². The fourth-order valence-corrected chi connectivity index (χ4v) is 2.57. The molecule has 4 nitrogen and oxygen atoms in total. The molecule has 2 rings (SSSR count). The molecule has 7 heteroatoms. The summed E-state index contributed by atoms with van der Waals surface area (Å²) in [5, 5.41) is 4.14. The monoisotopic (exact) mass is 384 g/mol.